The number of carbonyl (C=O) groups excluding carboxylic acids is 1. The van der Waals surface area contributed by atoms with E-state index in [0.717, 1.165) is 25.0 Å². The van der Waals surface area contributed by atoms with Crippen molar-refractivity contribution in [3.8, 4) is 5.75 Å². The maximum Gasteiger partial charge on any atom is 0.244 e. The second-order valence-corrected chi connectivity index (χ2v) is 8.83. The zero-order valence-corrected chi connectivity index (χ0v) is 16.8. The maximum atomic E-state index is 12.8. The molecule has 150 valence electrons. The lowest BCUT2D eigenvalue weighted by Gasteiger charge is -2.49. The van der Waals surface area contributed by atoms with Crippen molar-refractivity contribution in [3.05, 3.63) is 54.6 Å². The maximum absolute atomic E-state index is 12.8. The molecule has 0 radical (unpaired) electrons. The van der Waals surface area contributed by atoms with Gasteiger partial charge in [-0.15, -0.1) is 0 Å². The minimum absolute atomic E-state index is 0.116. The van der Waals surface area contributed by atoms with Crippen LogP contribution >= 0.6 is 0 Å². The molecule has 1 unspecified atom stereocenters. The largest absolute Gasteiger partial charge is 0.492 e. The quantitative estimate of drug-likeness (QED) is 0.707. The van der Waals surface area contributed by atoms with Crippen molar-refractivity contribution in [2.75, 3.05) is 36.0 Å². The second kappa shape index (κ2) is 8.20. The van der Waals surface area contributed by atoms with Crippen LogP contribution in [0.15, 0.2) is 54.6 Å². The molecule has 2 aromatic rings. The first-order valence-electron chi connectivity index (χ1n) is 9.08. The Labute approximate surface area is 165 Å². The number of amides is 1. The molecule has 0 aliphatic carbocycles. The van der Waals surface area contributed by atoms with E-state index < -0.39 is 15.6 Å². The van der Waals surface area contributed by atoms with Crippen molar-refractivity contribution >= 4 is 27.3 Å². The van der Waals surface area contributed by atoms with Gasteiger partial charge in [0, 0.05) is 18.8 Å². The van der Waals surface area contributed by atoms with Crippen molar-refractivity contribution in [1.29, 1.82) is 0 Å². The summed E-state index contributed by atoms with van der Waals surface area (Å²) < 4.78 is 30.9. The molecule has 1 aliphatic heterocycles. The Bertz CT molecular complexity index is 933. The summed E-state index contributed by atoms with van der Waals surface area (Å²) in [5.74, 6) is 0.694. The van der Waals surface area contributed by atoms with Crippen LogP contribution in [0.2, 0.25) is 0 Å². The van der Waals surface area contributed by atoms with Crippen LogP contribution in [0.1, 0.15) is 13.3 Å². The SMILES string of the molecule is CC1(C(=O)Nc2cccc(NS(C)(=O)=O)c2)CCN1CCOc1ccccc1. The number of sulfonamides is 1. The summed E-state index contributed by atoms with van der Waals surface area (Å²) in [5.41, 5.74) is 0.347. The number of ether oxygens (including phenoxy) is 1. The summed E-state index contributed by atoms with van der Waals surface area (Å²) in [4.78, 5) is 14.9. The van der Waals surface area contributed by atoms with Gasteiger partial charge in [0.05, 0.1) is 17.5 Å². The molecule has 1 heterocycles. The number of nitrogens with one attached hydrogen (secondary N) is 2. The highest BCUT2D eigenvalue weighted by atomic mass is 32.2. The molecular weight excluding hydrogens is 378 g/mol. The molecule has 0 saturated carbocycles. The summed E-state index contributed by atoms with van der Waals surface area (Å²) in [5, 5.41) is 2.89. The van der Waals surface area contributed by atoms with Crippen molar-refractivity contribution in [2.24, 2.45) is 0 Å². The Balaban J connectivity index is 1.56. The van der Waals surface area contributed by atoms with Crippen LogP contribution in [-0.4, -0.2) is 50.7 Å². The molecule has 3 rings (SSSR count). The Morgan fingerprint density at radius 2 is 1.86 bits per heavy atom. The highest BCUT2D eigenvalue weighted by Crippen LogP contribution is 2.31. The van der Waals surface area contributed by atoms with E-state index in [1.807, 2.05) is 37.3 Å². The third kappa shape index (κ3) is 5.02. The zero-order valence-electron chi connectivity index (χ0n) is 16.0. The van der Waals surface area contributed by atoms with Gasteiger partial charge in [-0.2, -0.15) is 0 Å². The van der Waals surface area contributed by atoms with Gasteiger partial charge >= 0.3 is 0 Å². The Morgan fingerprint density at radius 3 is 2.50 bits per heavy atom. The molecule has 1 atom stereocenters. The number of hydrogen-bond donors (Lipinski definition) is 2. The van der Waals surface area contributed by atoms with Crippen LogP contribution in [0.5, 0.6) is 5.75 Å². The first-order chi connectivity index (χ1) is 13.3. The van der Waals surface area contributed by atoms with Gasteiger partial charge in [0.15, 0.2) is 0 Å². The molecule has 0 aromatic heterocycles. The Hall–Kier alpha value is -2.58. The highest BCUT2D eigenvalue weighted by Gasteiger charge is 2.46. The molecule has 2 N–H and O–H groups in total. The van der Waals surface area contributed by atoms with Crippen LogP contribution < -0.4 is 14.8 Å². The normalized spacial score (nSPS) is 19.5. The Kier molecular flexibility index (Phi) is 5.90. The predicted octanol–water partition coefficient (Wildman–Crippen LogP) is 2.54. The summed E-state index contributed by atoms with van der Waals surface area (Å²) in [7, 11) is -3.37. The van der Waals surface area contributed by atoms with Crippen LogP contribution in [0, 0.1) is 0 Å². The van der Waals surface area contributed by atoms with Gasteiger partial charge in [-0.25, -0.2) is 8.42 Å². The average Bonchev–Trinajstić information content (AvgIpc) is 2.63. The number of hydrogen-bond acceptors (Lipinski definition) is 5. The standard InChI is InChI=1S/C20H25N3O4S/c1-20(11-12-23(20)13-14-27-18-9-4-3-5-10-18)19(24)21-16-7-6-8-17(15-16)22-28(2,25)26/h3-10,15,22H,11-14H2,1-2H3,(H,21,24). The van der Waals surface area contributed by atoms with E-state index in [9.17, 15) is 13.2 Å². The smallest absolute Gasteiger partial charge is 0.244 e. The van der Waals surface area contributed by atoms with Crippen molar-refractivity contribution < 1.29 is 17.9 Å². The number of para-hydroxylation sites is 1. The molecule has 1 saturated heterocycles. The van der Waals surface area contributed by atoms with Gasteiger partial charge < -0.3 is 10.1 Å². The van der Waals surface area contributed by atoms with Gasteiger partial charge in [-0.05, 0) is 43.7 Å². The molecule has 28 heavy (non-hydrogen) atoms. The highest BCUT2D eigenvalue weighted by molar-refractivity contribution is 7.92. The predicted molar refractivity (Wildman–Crippen MR) is 110 cm³/mol. The van der Waals surface area contributed by atoms with Crippen molar-refractivity contribution in [1.82, 2.24) is 4.90 Å². The fourth-order valence-corrected chi connectivity index (χ4v) is 3.71. The average molecular weight is 404 g/mol. The van der Waals surface area contributed by atoms with Crippen LogP contribution in [0.3, 0.4) is 0 Å². The van der Waals surface area contributed by atoms with Gasteiger partial charge in [-0.1, -0.05) is 24.3 Å². The van der Waals surface area contributed by atoms with E-state index >= 15 is 0 Å². The molecule has 2 aromatic carbocycles. The lowest BCUT2D eigenvalue weighted by atomic mass is 9.85. The summed E-state index contributed by atoms with van der Waals surface area (Å²) in [6.45, 7) is 3.89. The van der Waals surface area contributed by atoms with Crippen molar-refractivity contribution in [3.63, 3.8) is 0 Å². The number of anilines is 2. The molecule has 1 fully saturated rings. The van der Waals surface area contributed by atoms with E-state index in [1.165, 1.54) is 0 Å². The van der Waals surface area contributed by atoms with E-state index in [2.05, 4.69) is 14.9 Å². The minimum Gasteiger partial charge on any atom is -0.492 e. The lowest BCUT2D eigenvalue weighted by molar-refractivity contribution is -0.135. The molecule has 1 aliphatic rings. The molecular formula is C20H25N3O4S. The number of benzene rings is 2. The third-order valence-corrected chi connectivity index (χ3v) is 5.46. The van der Waals surface area contributed by atoms with Gasteiger partial charge in [0.25, 0.3) is 0 Å². The zero-order chi connectivity index (χ0) is 20.2. The van der Waals surface area contributed by atoms with Crippen LogP contribution in [0.25, 0.3) is 0 Å². The molecule has 0 bridgehead atoms. The second-order valence-electron chi connectivity index (χ2n) is 7.08. The Morgan fingerprint density at radius 1 is 1.14 bits per heavy atom. The summed E-state index contributed by atoms with van der Waals surface area (Å²) >= 11 is 0. The number of rotatable bonds is 8. The fourth-order valence-electron chi connectivity index (χ4n) is 3.15. The van der Waals surface area contributed by atoms with E-state index in [-0.39, 0.29) is 5.91 Å². The van der Waals surface area contributed by atoms with E-state index in [1.54, 1.807) is 24.3 Å². The minimum atomic E-state index is -3.37. The van der Waals surface area contributed by atoms with E-state index in [0.29, 0.717) is 24.5 Å². The molecule has 8 heteroatoms. The fraction of sp³-hybridized carbons (Fsp3) is 0.350. The number of nitrogens with zero attached hydrogens (tertiary/aromatic N) is 1. The van der Waals surface area contributed by atoms with Crippen LogP contribution in [-0.2, 0) is 14.8 Å². The molecule has 7 nitrogen and oxygen atoms in total. The summed E-state index contributed by atoms with van der Waals surface area (Å²) in [6.07, 6.45) is 1.84. The summed E-state index contributed by atoms with van der Waals surface area (Å²) in [6, 6.07) is 16.2. The molecule has 1 amide bonds. The van der Waals surface area contributed by atoms with Crippen molar-refractivity contribution in [2.45, 2.75) is 18.9 Å². The van der Waals surface area contributed by atoms with Gasteiger partial charge in [0.1, 0.15) is 12.4 Å². The monoisotopic (exact) mass is 403 g/mol. The van der Waals surface area contributed by atoms with Crippen LogP contribution in [0.4, 0.5) is 11.4 Å². The topological polar surface area (TPSA) is 87.7 Å². The lowest BCUT2D eigenvalue weighted by Crippen LogP contribution is -2.65. The van der Waals surface area contributed by atoms with E-state index in [4.69, 9.17) is 4.74 Å². The number of carbonyl (C=O) groups is 1. The van der Waals surface area contributed by atoms with Gasteiger partial charge in [-0.3, -0.25) is 14.4 Å². The first-order valence-corrected chi connectivity index (χ1v) is 11.0. The van der Waals surface area contributed by atoms with Gasteiger partial charge in [0.2, 0.25) is 15.9 Å². The third-order valence-electron chi connectivity index (χ3n) is 4.85. The first kappa shape index (κ1) is 20.2. The molecule has 0 spiro atoms. The number of likely N-dealkylation sites (tertiary alicyclic amines) is 1.